The van der Waals surface area contributed by atoms with Gasteiger partial charge in [0.2, 0.25) is 0 Å². The van der Waals surface area contributed by atoms with Crippen molar-refractivity contribution in [3.8, 4) is 50.8 Å². The molecule has 4 heteroatoms. The summed E-state index contributed by atoms with van der Waals surface area (Å²) in [5.74, 6) is 0. The van der Waals surface area contributed by atoms with Crippen molar-refractivity contribution in [1.82, 2.24) is 14.1 Å². The van der Waals surface area contributed by atoms with Gasteiger partial charge in [-0.1, -0.05) is 114 Å². The highest BCUT2D eigenvalue weighted by Crippen LogP contribution is 2.41. The lowest BCUT2D eigenvalue weighted by molar-refractivity contribution is 1.12. The normalized spacial score (nSPS) is 11.5. The molecule has 0 spiro atoms. The highest BCUT2D eigenvalue weighted by atomic mass is 15.0. The average Bonchev–Trinajstić information content (AvgIpc) is 3.73. The number of hydrogen-bond donors (Lipinski definition) is 0. The van der Waals surface area contributed by atoms with E-state index in [1.807, 2.05) is 12.3 Å². The standard InChI is InChI=1S/C50H34N4/c1-32-10-7-12-34(24-32)36-19-21-47-42(26-36)40-15-3-5-17-45(40)53(47)49-28-39(38-14-9-23-52-31-38)29-50(44(49)30-51)54-46-18-6-4-16-41(46)43-27-37(20-22-48(43)54)35-13-8-11-33(2)25-35/h3-29,31H,1-2H3. The third-order valence-corrected chi connectivity index (χ3v) is 10.7. The third-order valence-electron chi connectivity index (χ3n) is 10.7. The molecule has 254 valence electrons. The van der Waals surface area contributed by atoms with E-state index in [0.717, 1.165) is 77.2 Å². The average molecular weight is 691 g/mol. The highest BCUT2D eigenvalue weighted by molar-refractivity contribution is 6.12. The SMILES string of the molecule is Cc1cccc(-c2ccc3c(c2)c2ccccc2n3-c2cc(-c3cccnc3)cc(-n3c4ccccc4c4cc(-c5cccc(C)c5)ccc43)c2C#N)c1. The summed E-state index contributed by atoms with van der Waals surface area (Å²) >= 11 is 0. The Bertz CT molecular complexity index is 2950. The number of rotatable bonds is 5. The minimum Gasteiger partial charge on any atom is -0.308 e. The van der Waals surface area contributed by atoms with E-state index in [-0.39, 0.29) is 0 Å². The summed E-state index contributed by atoms with van der Waals surface area (Å²) in [7, 11) is 0. The highest BCUT2D eigenvalue weighted by Gasteiger charge is 2.23. The Hall–Kier alpha value is -7.22. The van der Waals surface area contributed by atoms with Crippen molar-refractivity contribution in [1.29, 1.82) is 5.26 Å². The van der Waals surface area contributed by atoms with Crippen molar-refractivity contribution >= 4 is 43.6 Å². The number of para-hydroxylation sites is 2. The molecule has 0 radical (unpaired) electrons. The molecule has 7 aromatic carbocycles. The van der Waals surface area contributed by atoms with Crippen molar-refractivity contribution in [2.24, 2.45) is 0 Å². The summed E-state index contributed by atoms with van der Waals surface area (Å²) in [6, 6.07) is 58.8. The summed E-state index contributed by atoms with van der Waals surface area (Å²) in [5.41, 5.74) is 15.5. The molecule has 54 heavy (non-hydrogen) atoms. The van der Waals surface area contributed by atoms with Gasteiger partial charge in [-0.15, -0.1) is 0 Å². The maximum absolute atomic E-state index is 11.3. The second kappa shape index (κ2) is 12.5. The van der Waals surface area contributed by atoms with Gasteiger partial charge in [-0.3, -0.25) is 4.98 Å². The Morgan fingerprint density at radius 3 is 1.39 bits per heavy atom. The minimum absolute atomic E-state index is 0.596. The van der Waals surface area contributed by atoms with E-state index in [0.29, 0.717) is 5.56 Å². The van der Waals surface area contributed by atoms with Gasteiger partial charge in [0.15, 0.2) is 0 Å². The van der Waals surface area contributed by atoms with Gasteiger partial charge in [-0.25, -0.2) is 0 Å². The van der Waals surface area contributed by atoms with E-state index in [1.54, 1.807) is 6.20 Å². The predicted molar refractivity (Wildman–Crippen MR) is 223 cm³/mol. The Balaban J connectivity index is 1.29. The summed E-state index contributed by atoms with van der Waals surface area (Å²) in [6.07, 6.45) is 3.70. The number of pyridine rings is 1. The fourth-order valence-electron chi connectivity index (χ4n) is 8.25. The molecule has 10 rings (SSSR count). The van der Waals surface area contributed by atoms with Gasteiger partial charge < -0.3 is 9.13 Å². The quantitative estimate of drug-likeness (QED) is 0.180. The largest absolute Gasteiger partial charge is 0.308 e. The van der Waals surface area contributed by atoms with Gasteiger partial charge in [0.1, 0.15) is 11.6 Å². The first-order valence-electron chi connectivity index (χ1n) is 18.3. The second-order valence-corrected chi connectivity index (χ2v) is 14.2. The van der Waals surface area contributed by atoms with Crippen LogP contribution in [0.2, 0.25) is 0 Å². The molecule has 0 N–H and O–H groups in total. The molecule has 0 saturated carbocycles. The third kappa shape index (κ3) is 5.02. The van der Waals surface area contributed by atoms with Gasteiger partial charge in [-0.2, -0.15) is 5.26 Å². The van der Waals surface area contributed by atoms with Gasteiger partial charge in [0.05, 0.1) is 33.4 Å². The molecule has 0 aliphatic rings. The topological polar surface area (TPSA) is 46.5 Å². The minimum atomic E-state index is 0.596. The smallest absolute Gasteiger partial charge is 0.104 e. The van der Waals surface area contributed by atoms with Crippen LogP contribution >= 0.6 is 0 Å². The van der Waals surface area contributed by atoms with Crippen LogP contribution in [0.25, 0.3) is 88.4 Å². The summed E-state index contributed by atoms with van der Waals surface area (Å²) in [6.45, 7) is 4.26. The van der Waals surface area contributed by atoms with Crippen LogP contribution in [-0.2, 0) is 0 Å². The Kier molecular flexibility index (Phi) is 7.28. The van der Waals surface area contributed by atoms with Crippen molar-refractivity contribution in [2.75, 3.05) is 0 Å². The fraction of sp³-hybridized carbons (Fsp3) is 0.0400. The van der Waals surface area contributed by atoms with E-state index in [4.69, 9.17) is 0 Å². The molecule has 0 fully saturated rings. The van der Waals surface area contributed by atoms with Crippen LogP contribution in [0.3, 0.4) is 0 Å². The molecule has 0 aliphatic heterocycles. The van der Waals surface area contributed by atoms with E-state index >= 15 is 0 Å². The number of benzene rings is 7. The lowest BCUT2D eigenvalue weighted by Crippen LogP contribution is -2.05. The molecule has 0 saturated heterocycles. The number of nitrogens with zero attached hydrogens (tertiary/aromatic N) is 4. The number of nitriles is 1. The number of aryl methyl sites for hydroxylation is 2. The zero-order valence-corrected chi connectivity index (χ0v) is 30.0. The first-order chi connectivity index (χ1) is 26.6. The first kappa shape index (κ1) is 31.5. The number of fused-ring (bicyclic) bond motifs is 6. The molecule has 0 amide bonds. The summed E-state index contributed by atoms with van der Waals surface area (Å²) in [5, 5.41) is 15.9. The van der Waals surface area contributed by atoms with Gasteiger partial charge in [-0.05, 0) is 96.3 Å². The molecule has 4 nitrogen and oxygen atoms in total. The molecule has 10 aromatic rings. The van der Waals surface area contributed by atoms with Crippen molar-refractivity contribution in [3.05, 3.63) is 187 Å². The van der Waals surface area contributed by atoms with Crippen LogP contribution in [0.4, 0.5) is 0 Å². The van der Waals surface area contributed by atoms with Crippen LogP contribution in [0.15, 0.2) is 170 Å². The van der Waals surface area contributed by atoms with Crippen LogP contribution in [0.1, 0.15) is 16.7 Å². The van der Waals surface area contributed by atoms with Crippen LogP contribution in [0.5, 0.6) is 0 Å². The van der Waals surface area contributed by atoms with E-state index in [9.17, 15) is 5.26 Å². The van der Waals surface area contributed by atoms with E-state index in [1.165, 1.54) is 22.3 Å². The van der Waals surface area contributed by atoms with Gasteiger partial charge in [0.25, 0.3) is 0 Å². The predicted octanol–water partition coefficient (Wildman–Crippen LogP) is 12.8. The lowest BCUT2D eigenvalue weighted by atomic mass is 10.0. The second-order valence-electron chi connectivity index (χ2n) is 14.2. The molecule has 0 bridgehead atoms. The Labute approximate surface area is 313 Å². The fourth-order valence-corrected chi connectivity index (χ4v) is 8.25. The maximum atomic E-state index is 11.3. The Morgan fingerprint density at radius 1 is 0.426 bits per heavy atom. The first-order valence-corrected chi connectivity index (χ1v) is 18.3. The number of hydrogen-bond acceptors (Lipinski definition) is 2. The summed E-state index contributed by atoms with van der Waals surface area (Å²) < 4.78 is 4.55. The molecular formula is C50H34N4. The molecule has 0 unspecified atom stereocenters. The van der Waals surface area contributed by atoms with Gasteiger partial charge >= 0.3 is 0 Å². The maximum Gasteiger partial charge on any atom is 0.104 e. The zero-order valence-electron chi connectivity index (χ0n) is 30.0. The van der Waals surface area contributed by atoms with Crippen LogP contribution in [-0.4, -0.2) is 14.1 Å². The van der Waals surface area contributed by atoms with Crippen LogP contribution < -0.4 is 0 Å². The van der Waals surface area contributed by atoms with Crippen LogP contribution in [0, 0.1) is 25.2 Å². The van der Waals surface area contributed by atoms with Gasteiger partial charge in [0, 0.05) is 39.5 Å². The molecule has 0 atom stereocenters. The van der Waals surface area contributed by atoms with E-state index in [2.05, 4.69) is 186 Å². The summed E-state index contributed by atoms with van der Waals surface area (Å²) in [4.78, 5) is 4.50. The molecular weight excluding hydrogens is 657 g/mol. The van der Waals surface area contributed by atoms with E-state index < -0.39 is 0 Å². The van der Waals surface area contributed by atoms with Crippen molar-refractivity contribution in [3.63, 3.8) is 0 Å². The molecule has 0 aliphatic carbocycles. The van der Waals surface area contributed by atoms with Crippen molar-refractivity contribution in [2.45, 2.75) is 13.8 Å². The van der Waals surface area contributed by atoms with Crippen molar-refractivity contribution < 1.29 is 0 Å². The Morgan fingerprint density at radius 2 is 0.907 bits per heavy atom. The lowest BCUT2D eigenvalue weighted by Gasteiger charge is -2.18. The monoisotopic (exact) mass is 690 g/mol. The zero-order chi connectivity index (χ0) is 36.3. The molecule has 3 heterocycles. The molecule has 3 aromatic heterocycles. The number of aromatic nitrogens is 3.